The van der Waals surface area contributed by atoms with Crippen molar-refractivity contribution in [1.29, 1.82) is 0 Å². The molecule has 0 amide bonds. The van der Waals surface area contributed by atoms with Crippen LogP contribution in [-0.2, 0) is 25.4 Å². The summed E-state index contributed by atoms with van der Waals surface area (Å²) in [4.78, 5) is 11.5. The highest BCUT2D eigenvalue weighted by atomic mass is 16.7. The Balaban J connectivity index is 1.56. The quantitative estimate of drug-likeness (QED) is 0.801. The van der Waals surface area contributed by atoms with Gasteiger partial charge >= 0.3 is 5.97 Å². The maximum Gasteiger partial charge on any atom is 0.310 e. The van der Waals surface area contributed by atoms with Crippen molar-refractivity contribution in [2.24, 2.45) is 0 Å². The molecule has 0 aromatic heterocycles. The number of rotatable bonds is 4. The molecule has 2 fully saturated rings. The van der Waals surface area contributed by atoms with E-state index >= 15 is 0 Å². The third-order valence-corrected chi connectivity index (χ3v) is 4.67. The fourth-order valence-corrected chi connectivity index (χ4v) is 3.46. The number of benzene rings is 1. The molecule has 4 nitrogen and oxygen atoms in total. The lowest BCUT2D eigenvalue weighted by molar-refractivity contribution is -0.178. The number of hydrogen-bond donors (Lipinski definition) is 0. The molecule has 120 valence electrons. The van der Waals surface area contributed by atoms with Gasteiger partial charge < -0.3 is 14.2 Å². The van der Waals surface area contributed by atoms with Gasteiger partial charge in [0.1, 0.15) is 0 Å². The molecule has 4 heteroatoms. The predicted octanol–water partition coefficient (Wildman–Crippen LogP) is 3.19. The summed E-state index contributed by atoms with van der Waals surface area (Å²) in [5.74, 6) is 0.112. The molecule has 0 atom stereocenters. The maximum atomic E-state index is 11.5. The van der Waals surface area contributed by atoms with Gasteiger partial charge in [0.15, 0.2) is 5.79 Å². The van der Waals surface area contributed by atoms with Gasteiger partial charge in [-0.2, -0.15) is 0 Å². The topological polar surface area (TPSA) is 44.8 Å². The molecule has 22 heavy (non-hydrogen) atoms. The van der Waals surface area contributed by atoms with Crippen LogP contribution in [0.15, 0.2) is 24.3 Å². The van der Waals surface area contributed by atoms with Crippen LogP contribution < -0.4 is 0 Å². The average molecular weight is 304 g/mol. The Morgan fingerprint density at radius 2 is 1.82 bits per heavy atom. The highest BCUT2D eigenvalue weighted by Gasteiger charge is 2.40. The minimum atomic E-state index is -0.291. The zero-order chi connectivity index (χ0) is 15.4. The zero-order valence-corrected chi connectivity index (χ0v) is 13.2. The molecule has 0 N–H and O–H groups in total. The van der Waals surface area contributed by atoms with Crippen molar-refractivity contribution < 1.29 is 19.0 Å². The second-order valence-electron chi connectivity index (χ2n) is 6.11. The second-order valence-corrected chi connectivity index (χ2v) is 6.11. The van der Waals surface area contributed by atoms with Crippen LogP contribution >= 0.6 is 0 Å². The first-order valence-electron chi connectivity index (χ1n) is 8.23. The van der Waals surface area contributed by atoms with Gasteiger partial charge in [-0.3, -0.25) is 4.79 Å². The number of carbonyl (C=O) groups is 1. The summed E-state index contributed by atoms with van der Waals surface area (Å²) in [6.45, 7) is 3.72. The lowest BCUT2D eigenvalue weighted by Crippen LogP contribution is -2.34. The molecule has 0 bridgehead atoms. The van der Waals surface area contributed by atoms with E-state index in [0.717, 1.165) is 44.5 Å². The molecule has 1 aromatic rings. The normalized spacial score (nSPS) is 21.1. The molecular weight excluding hydrogens is 280 g/mol. The molecule has 1 spiro atoms. The molecule has 3 rings (SSSR count). The Labute approximate surface area is 131 Å². The van der Waals surface area contributed by atoms with Crippen LogP contribution in [-0.4, -0.2) is 31.6 Å². The van der Waals surface area contributed by atoms with E-state index in [1.807, 2.05) is 19.1 Å². The summed E-state index contributed by atoms with van der Waals surface area (Å²) in [6, 6.07) is 8.37. The van der Waals surface area contributed by atoms with Crippen LogP contribution in [0, 0.1) is 0 Å². The van der Waals surface area contributed by atoms with Gasteiger partial charge in [-0.05, 0) is 36.8 Å². The first-order valence-corrected chi connectivity index (χ1v) is 8.23. The number of ether oxygens (including phenoxy) is 3. The van der Waals surface area contributed by atoms with Crippen molar-refractivity contribution in [2.75, 3.05) is 19.8 Å². The molecule has 1 saturated heterocycles. The molecule has 0 unspecified atom stereocenters. The summed E-state index contributed by atoms with van der Waals surface area (Å²) in [5.41, 5.74) is 2.36. The van der Waals surface area contributed by atoms with E-state index in [9.17, 15) is 4.79 Å². The third kappa shape index (κ3) is 3.50. The van der Waals surface area contributed by atoms with Crippen LogP contribution in [0.4, 0.5) is 0 Å². The smallest absolute Gasteiger partial charge is 0.310 e. The Morgan fingerprint density at radius 3 is 2.41 bits per heavy atom. The predicted molar refractivity (Wildman–Crippen MR) is 82.6 cm³/mol. The Bertz CT molecular complexity index is 492. The van der Waals surface area contributed by atoms with E-state index < -0.39 is 0 Å². The summed E-state index contributed by atoms with van der Waals surface area (Å²) in [6.07, 6.45) is 4.49. The Kier molecular flexibility index (Phi) is 4.79. The van der Waals surface area contributed by atoms with Gasteiger partial charge in [0.25, 0.3) is 0 Å². The molecule has 1 aliphatic carbocycles. The van der Waals surface area contributed by atoms with Gasteiger partial charge in [0, 0.05) is 12.8 Å². The molecule has 1 saturated carbocycles. The van der Waals surface area contributed by atoms with Crippen LogP contribution in [0.2, 0.25) is 0 Å². The summed E-state index contributed by atoms with van der Waals surface area (Å²) >= 11 is 0. The van der Waals surface area contributed by atoms with Gasteiger partial charge in [-0.15, -0.1) is 0 Å². The van der Waals surface area contributed by atoms with Gasteiger partial charge in [-0.1, -0.05) is 24.3 Å². The van der Waals surface area contributed by atoms with Crippen molar-refractivity contribution in [2.45, 2.75) is 50.7 Å². The van der Waals surface area contributed by atoms with Crippen molar-refractivity contribution in [1.82, 2.24) is 0 Å². The zero-order valence-electron chi connectivity index (χ0n) is 13.2. The van der Waals surface area contributed by atoms with Crippen molar-refractivity contribution in [3.8, 4) is 0 Å². The van der Waals surface area contributed by atoms with Crippen LogP contribution in [0.1, 0.15) is 49.7 Å². The van der Waals surface area contributed by atoms with E-state index in [4.69, 9.17) is 14.2 Å². The van der Waals surface area contributed by atoms with E-state index in [1.54, 1.807) is 0 Å². The minimum absolute atomic E-state index is 0.162. The molecule has 1 aliphatic heterocycles. The molecular formula is C18H24O4. The molecule has 2 aliphatic rings. The Hall–Kier alpha value is -1.39. The van der Waals surface area contributed by atoms with Crippen molar-refractivity contribution in [3.63, 3.8) is 0 Å². The van der Waals surface area contributed by atoms with Crippen LogP contribution in [0.5, 0.6) is 0 Å². The highest BCUT2D eigenvalue weighted by molar-refractivity contribution is 5.72. The SMILES string of the molecule is CCOC(=O)Cc1ccc(C2CCC3(CC2)OCCO3)cc1. The third-order valence-electron chi connectivity index (χ3n) is 4.67. The monoisotopic (exact) mass is 304 g/mol. The van der Waals surface area contributed by atoms with Crippen LogP contribution in [0.3, 0.4) is 0 Å². The summed E-state index contributed by atoms with van der Waals surface area (Å²) < 4.78 is 16.5. The fourth-order valence-electron chi connectivity index (χ4n) is 3.46. The first kappa shape index (κ1) is 15.5. The lowest BCUT2D eigenvalue weighted by Gasteiger charge is -2.35. The Morgan fingerprint density at radius 1 is 1.18 bits per heavy atom. The van der Waals surface area contributed by atoms with Gasteiger partial charge in [0.2, 0.25) is 0 Å². The number of esters is 1. The largest absolute Gasteiger partial charge is 0.466 e. The van der Waals surface area contributed by atoms with E-state index in [0.29, 0.717) is 18.9 Å². The minimum Gasteiger partial charge on any atom is -0.466 e. The van der Waals surface area contributed by atoms with Gasteiger partial charge in [-0.25, -0.2) is 0 Å². The first-order chi connectivity index (χ1) is 10.7. The summed E-state index contributed by atoms with van der Waals surface area (Å²) in [7, 11) is 0. The lowest BCUT2D eigenvalue weighted by atomic mass is 9.81. The van der Waals surface area contributed by atoms with Crippen molar-refractivity contribution in [3.05, 3.63) is 35.4 Å². The standard InChI is InChI=1S/C18H24O4/c1-2-20-17(19)13-14-3-5-15(6-4-14)16-7-9-18(10-8-16)21-11-12-22-18/h3-6,16H,2,7-13H2,1H3. The fraction of sp³-hybridized carbons (Fsp3) is 0.611. The summed E-state index contributed by atoms with van der Waals surface area (Å²) in [5, 5.41) is 0. The van der Waals surface area contributed by atoms with E-state index in [1.165, 1.54) is 5.56 Å². The van der Waals surface area contributed by atoms with E-state index in [-0.39, 0.29) is 11.8 Å². The van der Waals surface area contributed by atoms with Crippen LogP contribution in [0.25, 0.3) is 0 Å². The molecule has 0 radical (unpaired) electrons. The molecule has 1 aromatic carbocycles. The van der Waals surface area contributed by atoms with Crippen molar-refractivity contribution >= 4 is 5.97 Å². The van der Waals surface area contributed by atoms with E-state index in [2.05, 4.69) is 12.1 Å². The number of hydrogen-bond acceptors (Lipinski definition) is 4. The molecule has 1 heterocycles. The highest BCUT2D eigenvalue weighted by Crippen LogP contribution is 2.42. The maximum absolute atomic E-state index is 11.5. The van der Waals surface area contributed by atoms with Gasteiger partial charge in [0.05, 0.1) is 26.2 Å². The second kappa shape index (κ2) is 6.80. The number of carbonyl (C=O) groups excluding carboxylic acids is 1. The average Bonchev–Trinajstić information content (AvgIpc) is 2.97.